The molecule has 3 atom stereocenters. The number of aliphatic carboxylic acids is 1. The van der Waals surface area contributed by atoms with Crippen molar-refractivity contribution in [1.29, 1.82) is 0 Å². The van der Waals surface area contributed by atoms with E-state index in [1.165, 1.54) is 32.1 Å². The molecule has 0 heterocycles. The highest BCUT2D eigenvalue weighted by Gasteiger charge is 2.54. The maximum Gasteiger partial charge on any atom is 0.303 e. The van der Waals surface area contributed by atoms with E-state index in [2.05, 4.69) is 6.08 Å². The number of carboxylic acids is 1. The largest absolute Gasteiger partial charge is 0.481 e. The van der Waals surface area contributed by atoms with Crippen molar-refractivity contribution in [3.8, 4) is 0 Å². The molecular weight excluding hydrogens is 226 g/mol. The van der Waals surface area contributed by atoms with Crippen LogP contribution in [0, 0.1) is 23.2 Å². The van der Waals surface area contributed by atoms with Gasteiger partial charge in [0, 0.05) is 0 Å². The lowest BCUT2D eigenvalue weighted by molar-refractivity contribution is -0.144. The predicted molar refractivity (Wildman–Crippen MR) is 70.0 cm³/mol. The maximum absolute atomic E-state index is 11.0. The standard InChI is InChI=1S/C15H23NO2/c16-9-15(8-14(17)18)7-12-5-11(6-13(12)15)4-10-2-1-3-10/h6,10,12-13H,1-5,7-9,16H2,(H,17,18)/t12-,13-,15-/m1/s1. The van der Waals surface area contributed by atoms with Crippen molar-refractivity contribution in [2.45, 2.75) is 44.9 Å². The molecule has 2 fully saturated rings. The van der Waals surface area contributed by atoms with Crippen molar-refractivity contribution in [3.05, 3.63) is 11.6 Å². The minimum Gasteiger partial charge on any atom is -0.481 e. The van der Waals surface area contributed by atoms with Crippen molar-refractivity contribution in [2.75, 3.05) is 6.54 Å². The third kappa shape index (κ3) is 1.89. The molecule has 3 N–H and O–H groups in total. The Hall–Kier alpha value is -0.830. The summed E-state index contributed by atoms with van der Waals surface area (Å²) >= 11 is 0. The molecule has 0 aromatic carbocycles. The highest BCUT2D eigenvalue weighted by Crippen LogP contribution is 2.60. The fourth-order valence-corrected chi connectivity index (χ4v) is 4.30. The number of carboxylic acid groups (broad SMARTS) is 1. The minimum atomic E-state index is -0.695. The Bertz CT molecular complexity index is 386. The van der Waals surface area contributed by atoms with Crippen LogP contribution >= 0.6 is 0 Å². The Morgan fingerprint density at radius 2 is 2.28 bits per heavy atom. The van der Waals surface area contributed by atoms with Gasteiger partial charge in [-0.1, -0.05) is 30.9 Å². The summed E-state index contributed by atoms with van der Waals surface area (Å²) in [7, 11) is 0. The van der Waals surface area contributed by atoms with Crippen LogP contribution in [0.4, 0.5) is 0 Å². The van der Waals surface area contributed by atoms with E-state index in [0.717, 1.165) is 12.3 Å². The Kier molecular flexibility index (Phi) is 2.97. The van der Waals surface area contributed by atoms with Gasteiger partial charge < -0.3 is 10.8 Å². The molecule has 0 spiro atoms. The second-order valence-electron chi connectivity index (χ2n) is 6.66. The normalized spacial score (nSPS) is 38.6. The van der Waals surface area contributed by atoms with Gasteiger partial charge in [-0.05, 0) is 49.0 Å². The lowest BCUT2D eigenvalue weighted by Crippen LogP contribution is -2.51. The zero-order chi connectivity index (χ0) is 12.8. The summed E-state index contributed by atoms with van der Waals surface area (Å²) in [6.45, 7) is 0.522. The van der Waals surface area contributed by atoms with E-state index in [-0.39, 0.29) is 11.8 Å². The second-order valence-corrected chi connectivity index (χ2v) is 6.66. The average molecular weight is 249 g/mol. The molecule has 0 aromatic rings. The van der Waals surface area contributed by atoms with Gasteiger partial charge in [0.15, 0.2) is 0 Å². The molecule has 0 saturated heterocycles. The fraction of sp³-hybridized carbons (Fsp3) is 0.800. The Balaban J connectivity index is 1.66. The van der Waals surface area contributed by atoms with E-state index in [9.17, 15) is 4.79 Å². The van der Waals surface area contributed by atoms with Crippen LogP contribution in [0.25, 0.3) is 0 Å². The third-order valence-corrected chi connectivity index (χ3v) is 5.51. The van der Waals surface area contributed by atoms with Crippen LogP contribution < -0.4 is 5.73 Å². The molecule has 3 aliphatic carbocycles. The highest BCUT2D eigenvalue weighted by molar-refractivity contribution is 5.68. The van der Waals surface area contributed by atoms with Gasteiger partial charge in [0.25, 0.3) is 0 Å². The molecule has 0 radical (unpaired) electrons. The first kappa shape index (κ1) is 12.2. The smallest absolute Gasteiger partial charge is 0.303 e. The fourth-order valence-electron chi connectivity index (χ4n) is 4.30. The summed E-state index contributed by atoms with van der Waals surface area (Å²) < 4.78 is 0. The molecule has 0 aliphatic heterocycles. The predicted octanol–water partition coefficient (Wildman–Crippen LogP) is 2.56. The molecule has 0 aromatic heterocycles. The first-order chi connectivity index (χ1) is 8.63. The molecule has 18 heavy (non-hydrogen) atoms. The monoisotopic (exact) mass is 249 g/mol. The van der Waals surface area contributed by atoms with Crippen molar-refractivity contribution >= 4 is 5.97 Å². The van der Waals surface area contributed by atoms with Crippen molar-refractivity contribution < 1.29 is 9.90 Å². The maximum atomic E-state index is 11.0. The first-order valence-corrected chi connectivity index (χ1v) is 7.24. The van der Waals surface area contributed by atoms with Crippen molar-refractivity contribution in [3.63, 3.8) is 0 Å². The summed E-state index contributed by atoms with van der Waals surface area (Å²) in [6.07, 6.45) is 10.3. The Labute approximate surface area is 108 Å². The molecule has 3 heteroatoms. The minimum absolute atomic E-state index is 0.127. The van der Waals surface area contributed by atoms with Crippen LogP contribution in [-0.2, 0) is 4.79 Å². The quantitative estimate of drug-likeness (QED) is 0.736. The van der Waals surface area contributed by atoms with E-state index < -0.39 is 5.97 Å². The van der Waals surface area contributed by atoms with E-state index in [1.54, 1.807) is 5.57 Å². The topological polar surface area (TPSA) is 63.3 Å². The molecule has 3 rings (SSSR count). The first-order valence-electron chi connectivity index (χ1n) is 7.24. The van der Waals surface area contributed by atoms with Crippen LogP contribution in [0.3, 0.4) is 0 Å². The van der Waals surface area contributed by atoms with Crippen LogP contribution in [-0.4, -0.2) is 17.6 Å². The molecule has 0 unspecified atom stereocenters. The summed E-state index contributed by atoms with van der Waals surface area (Å²) in [5.41, 5.74) is 7.33. The van der Waals surface area contributed by atoms with Gasteiger partial charge in [0.05, 0.1) is 6.42 Å². The molecule has 2 saturated carbocycles. The number of fused-ring (bicyclic) bond motifs is 1. The zero-order valence-corrected chi connectivity index (χ0v) is 10.9. The van der Waals surface area contributed by atoms with Crippen LogP contribution in [0.2, 0.25) is 0 Å². The van der Waals surface area contributed by atoms with Gasteiger partial charge in [-0.15, -0.1) is 0 Å². The van der Waals surface area contributed by atoms with Gasteiger partial charge in [0.2, 0.25) is 0 Å². The molecule has 3 aliphatic rings. The Morgan fingerprint density at radius 1 is 1.50 bits per heavy atom. The number of rotatable bonds is 5. The number of hydrogen-bond donors (Lipinski definition) is 2. The van der Waals surface area contributed by atoms with E-state index in [0.29, 0.717) is 18.4 Å². The summed E-state index contributed by atoms with van der Waals surface area (Å²) in [6, 6.07) is 0. The van der Waals surface area contributed by atoms with Crippen LogP contribution in [0.1, 0.15) is 44.9 Å². The van der Waals surface area contributed by atoms with Gasteiger partial charge in [-0.25, -0.2) is 0 Å². The number of carbonyl (C=O) groups is 1. The summed E-state index contributed by atoms with van der Waals surface area (Å²) in [4.78, 5) is 11.0. The zero-order valence-electron chi connectivity index (χ0n) is 10.9. The SMILES string of the molecule is NC[C@]1(CC(=O)O)C[C@H]2CC(CC3CCC3)=C[C@H]21. The molecule has 0 amide bonds. The average Bonchev–Trinajstić information content (AvgIpc) is 2.59. The van der Waals surface area contributed by atoms with Crippen molar-refractivity contribution in [2.24, 2.45) is 28.9 Å². The highest BCUT2D eigenvalue weighted by atomic mass is 16.4. The van der Waals surface area contributed by atoms with E-state index in [1.807, 2.05) is 0 Å². The Morgan fingerprint density at radius 3 is 2.83 bits per heavy atom. The number of hydrogen-bond acceptors (Lipinski definition) is 2. The van der Waals surface area contributed by atoms with E-state index in [4.69, 9.17) is 10.8 Å². The third-order valence-electron chi connectivity index (χ3n) is 5.51. The molecular formula is C15H23NO2. The van der Waals surface area contributed by atoms with Crippen molar-refractivity contribution in [1.82, 2.24) is 0 Å². The number of nitrogens with two attached hydrogens (primary N) is 1. The second kappa shape index (κ2) is 4.37. The molecule has 100 valence electrons. The lowest BCUT2D eigenvalue weighted by atomic mass is 9.53. The van der Waals surface area contributed by atoms with E-state index >= 15 is 0 Å². The molecule has 0 bridgehead atoms. The van der Waals surface area contributed by atoms with Gasteiger partial charge >= 0.3 is 5.97 Å². The van der Waals surface area contributed by atoms with Crippen LogP contribution in [0.15, 0.2) is 11.6 Å². The summed E-state index contributed by atoms with van der Waals surface area (Å²) in [5, 5.41) is 9.05. The van der Waals surface area contributed by atoms with Gasteiger partial charge in [-0.3, -0.25) is 4.79 Å². The van der Waals surface area contributed by atoms with Crippen LogP contribution in [0.5, 0.6) is 0 Å². The van der Waals surface area contributed by atoms with Gasteiger partial charge in [0.1, 0.15) is 0 Å². The summed E-state index contributed by atoms with van der Waals surface area (Å²) in [5.74, 6) is 1.37. The van der Waals surface area contributed by atoms with Gasteiger partial charge in [-0.2, -0.15) is 0 Å². The lowest BCUT2D eigenvalue weighted by Gasteiger charge is -2.51. The number of allylic oxidation sites excluding steroid dienone is 2. The molecule has 3 nitrogen and oxygen atoms in total.